The maximum atomic E-state index is 13.4. The average molecular weight is 765 g/mol. The molecule has 10 aromatic rings. The van der Waals surface area contributed by atoms with Gasteiger partial charge in [0.15, 0.2) is 22.9 Å². The lowest BCUT2D eigenvalue weighted by Gasteiger charge is -2.20. The molecule has 0 bridgehead atoms. The smallest absolute Gasteiger partial charge is 0.263 e. The van der Waals surface area contributed by atoms with Crippen LogP contribution in [0.25, 0.3) is 55.6 Å². The minimum atomic E-state index is -0.176. The molecular weight excluding hydrogens is 729 g/mol. The lowest BCUT2D eigenvalue weighted by molar-refractivity contribution is 0.869. The zero-order chi connectivity index (χ0) is 39.6. The fourth-order valence-electron chi connectivity index (χ4n) is 7.26. The van der Waals surface area contributed by atoms with E-state index in [4.69, 9.17) is 0 Å². The van der Waals surface area contributed by atoms with Gasteiger partial charge in [0, 0.05) is 23.4 Å². The van der Waals surface area contributed by atoms with Gasteiger partial charge < -0.3 is 20.6 Å². The summed E-state index contributed by atoms with van der Waals surface area (Å²) in [5.41, 5.74) is 9.16. The molecular formula is C44H36N12O2. The van der Waals surface area contributed by atoms with Crippen LogP contribution < -0.4 is 21.8 Å². The van der Waals surface area contributed by atoms with Crippen molar-refractivity contribution in [2.75, 3.05) is 10.6 Å². The van der Waals surface area contributed by atoms with Gasteiger partial charge >= 0.3 is 0 Å². The quantitative estimate of drug-likeness (QED) is 0.120. The molecule has 0 aliphatic carbocycles. The Bertz CT molecular complexity index is 2960. The highest BCUT2D eigenvalue weighted by molar-refractivity contribution is 5.83. The Morgan fingerprint density at radius 1 is 0.517 bits per heavy atom. The number of fused-ring (bicyclic) bond motifs is 4. The average Bonchev–Trinajstić information content (AvgIpc) is 3.96. The van der Waals surface area contributed by atoms with E-state index in [2.05, 4.69) is 50.5 Å². The van der Waals surface area contributed by atoms with Crippen molar-refractivity contribution in [1.29, 1.82) is 0 Å². The van der Waals surface area contributed by atoms with E-state index in [0.717, 1.165) is 44.3 Å². The maximum absolute atomic E-state index is 13.4. The summed E-state index contributed by atoms with van der Waals surface area (Å²) in [5.74, 6) is 1.29. The van der Waals surface area contributed by atoms with E-state index in [1.54, 1.807) is 33.8 Å². The fourth-order valence-corrected chi connectivity index (χ4v) is 7.26. The maximum Gasteiger partial charge on any atom is 0.263 e. The van der Waals surface area contributed by atoms with Crippen molar-refractivity contribution in [1.82, 2.24) is 48.7 Å². The van der Waals surface area contributed by atoms with E-state index < -0.39 is 0 Å². The minimum Gasteiger partial charge on any atom is -0.362 e. The van der Waals surface area contributed by atoms with Crippen molar-refractivity contribution in [2.24, 2.45) is 0 Å². The number of pyridine rings is 4. The molecule has 0 amide bonds. The topological polar surface area (TPSA) is 176 Å². The van der Waals surface area contributed by atoms with E-state index in [1.165, 1.54) is 12.7 Å². The number of nitrogens with zero attached hydrogens (tertiary/aromatic N) is 8. The van der Waals surface area contributed by atoms with Crippen LogP contribution in [0, 0.1) is 0 Å². The Morgan fingerprint density at radius 2 is 0.931 bits per heavy atom. The SMILES string of the molecule is C[C@@H](Nc1ncnc2nc[nH]c12)c1cc2ccccn2c(=O)c1-c1ccccc1.C[C@H](Nc1ncnc2nc[nH]c12)c1cc2ccccn2c(=O)c1-c1ccccc1. The van der Waals surface area contributed by atoms with Crippen molar-refractivity contribution < 1.29 is 0 Å². The molecule has 8 heterocycles. The highest BCUT2D eigenvalue weighted by Gasteiger charge is 2.21. The zero-order valence-electron chi connectivity index (χ0n) is 31.4. The molecule has 2 aromatic carbocycles. The second kappa shape index (κ2) is 15.3. The number of aromatic nitrogens is 10. The van der Waals surface area contributed by atoms with E-state index in [0.29, 0.717) is 34.1 Å². The third kappa shape index (κ3) is 6.68. The van der Waals surface area contributed by atoms with Crippen molar-refractivity contribution in [2.45, 2.75) is 25.9 Å². The second-order valence-corrected chi connectivity index (χ2v) is 13.7. The van der Waals surface area contributed by atoms with E-state index in [-0.39, 0.29) is 23.2 Å². The Labute approximate surface area is 330 Å². The fraction of sp³-hybridized carbons (Fsp3) is 0.0909. The molecule has 14 heteroatoms. The molecule has 8 aromatic heterocycles. The molecule has 0 fully saturated rings. The predicted octanol–water partition coefficient (Wildman–Crippen LogP) is 7.61. The number of benzene rings is 2. The Kier molecular flexibility index (Phi) is 9.39. The monoisotopic (exact) mass is 764 g/mol. The van der Waals surface area contributed by atoms with Gasteiger partial charge in [-0.3, -0.25) is 18.4 Å². The molecule has 2 atom stereocenters. The summed E-state index contributed by atoms with van der Waals surface area (Å²) in [7, 11) is 0. The van der Waals surface area contributed by atoms with Crippen LogP contribution in [0.3, 0.4) is 0 Å². The third-order valence-corrected chi connectivity index (χ3v) is 10.0. The first kappa shape index (κ1) is 35.7. The minimum absolute atomic E-state index is 0.0488. The van der Waals surface area contributed by atoms with Crippen molar-refractivity contribution >= 4 is 45.0 Å². The molecule has 10 rings (SSSR count). The molecule has 0 spiro atoms. The number of rotatable bonds is 8. The van der Waals surface area contributed by atoms with Gasteiger partial charge in [0.1, 0.15) is 23.7 Å². The third-order valence-electron chi connectivity index (χ3n) is 10.0. The highest BCUT2D eigenvalue weighted by Crippen LogP contribution is 2.31. The molecule has 0 saturated heterocycles. The standard InChI is InChI=1S/2C22H18N6O/c2*1-14(27-21-19-20(24-12-23-19)25-13-26-21)17-11-16-9-5-6-10-28(16)22(29)18(17)15-7-3-2-4-8-15/h2*2-14H,1H3,(H2,23,24,25,26,27)/t2*14-/m10/s1. The molecule has 0 aliphatic rings. The van der Waals surface area contributed by atoms with Crippen LogP contribution >= 0.6 is 0 Å². The molecule has 4 N–H and O–H groups in total. The lowest BCUT2D eigenvalue weighted by atomic mass is 9.96. The van der Waals surface area contributed by atoms with Gasteiger partial charge in [-0.05, 0) is 72.5 Å². The number of H-pyrrole nitrogens is 2. The lowest BCUT2D eigenvalue weighted by Crippen LogP contribution is -2.21. The van der Waals surface area contributed by atoms with Gasteiger partial charge in [-0.2, -0.15) is 0 Å². The summed E-state index contributed by atoms with van der Waals surface area (Å²) < 4.78 is 3.35. The number of hydrogen-bond donors (Lipinski definition) is 4. The Morgan fingerprint density at radius 3 is 1.36 bits per heavy atom. The van der Waals surface area contributed by atoms with Crippen LogP contribution in [0.4, 0.5) is 11.6 Å². The van der Waals surface area contributed by atoms with Crippen LogP contribution in [-0.4, -0.2) is 48.7 Å². The van der Waals surface area contributed by atoms with E-state index in [9.17, 15) is 9.59 Å². The first-order valence-electron chi connectivity index (χ1n) is 18.7. The molecule has 0 aliphatic heterocycles. The van der Waals surface area contributed by atoms with Crippen LogP contribution in [-0.2, 0) is 0 Å². The summed E-state index contributed by atoms with van der Waals surface area (Å²) in [4.78, 5) is 58.3. The van der Waals surface area contributed by atoms with E-state index in [1.807, 2.05) is 123 Å². The Balaban J connectivity index is 0.000000150. The van der Waals surface area contributed by atoms with Crippen LogP contribution in [0.5, 0.6) is 0 Å². The highest BCUT2D eigenvalue weighted by atomic mass is 16.1. The number of aromatic amines is 2. The molecule has 0 unspecified atom stereocenters. The first-order valence-corrected chi connectivity index (χ1v) is 18.7. The van der Waals surface area contributed by atoms with Crippen LogP contribution in [0.15, 0.2) is 156 Å². The van der Waals surface area contributed by atoms with Gasteiger partial charge in [0.2, 0.25) is 0 Å². The largest absolute Gasteiger partial charge is 0.362 e. The van der Waals surface area contributed by atoms with Crippen molar-refractivity contribution in [3.8, 4) is 22.3 Å². The summed E-state index contributed by atoms with van der Waals surface area (Å²) in [6.45, 7) is 4.04. The van der Waals surface area contributed by atoms with Gasteiger partial charge in [0.25, 0.3) is 11.1 Å². The summed E-state index contributed by atoms with van der Waals surface area (Å²) in [5, 5.41) is 6.84. The predicted molar refractivity (Wildman–Crippen MR) is 226 cm³/mol. The van der Waals surface area contributed by atoms with Gasteiger partial charge in [-0.25, -0.2) is 29.9 Å². The first-order chi connectivity index (χ1) is 28.4. The van der Waals surface area contributed by atoms with Gasteiger partial charge in [-0.15, -0.1) is 0 Å². The molecule has 58 heavy (non-hydrogen) atoms. The number of imidazole rings is 2. The number of nitrogens with one attached hydrogen (secondary N) is 4. The molecule has 14 nitrogen and oxygen atoms in total. The van der Waals surface area contributed by atoms with E-state index >= 15 is 0 Å². The Hall–Kier alpha value is -8.00. The molecule has 0 saturated carbocycles. The van der Waals surface area contributed by atoms with Crippen molar-refractivity contribution in [3.05, 3.63) is 179 Å². The second-order valence-electron chi connectivity index (χ2n) is 13.7. The summed E-state index contributed by atoms with van der Waals surface area (Å²) in [6, 6.07) is 34.7. The zero-order valence-corrected chi connectivity index (χ0v) is 31.4. The van der Waals surface area contributed by atoms with Gasteiger partial charge in [-0.1, -0.05) is 72.8 Å². The summed E-state index contributed by atoms with van der Waals surface area (Å²) in [6.07, 6.45) is 9.73. The number of anilines is 2. The van der Waals surface area contributed by atoms with Gasteiger partial charge in [0.05, 0.1) is 35.9 Å². The molecule has 0 radical (unpaired) electrons. The van der Waals surface area contributed by atoms with Crippen LogP contribution in [0.2, 0.25) is 0 Å². The molecule has 284 valence electrons. The number of hydrogen-bond acceptors (Lipinski definition) is 10. The van der Waals surface area contributed by atoms with Crippen molar-refractivity contribution in [3.63, 3.8) is 0 Å². The van der Waals surface area contributed by atoms with Crippen LogP contribution in [0.1, 0.15) is 37.1 Å². The summed E-state index contributed by atoms with van der Waals surface area (Å²) >= 11 is 0. The normalized spacial score (nSPS) is 12.3.